The van der Waals surface area contributed by atoms with Crippen molar-refractivity contribution in [2.24, 2.45) is 11.8 Å². The Kier molecular flexibility index (Phi) is 4.12. The van der Waals surface area contributed by atoms with Crippen LogP contribution in [0.1, 0.15) is 25.0 Å². The van der Waals surface area contributed by atoms with Crippen LogP contribution in [0.3, 0.4) is 0 Å². The molecule has 100 valence electrons. The van der Waals surface area contributed by atoms with Crippen molar-refractivity contribution in [3.05, 3.63) is 23.3 Å². The molecule has 0 spiro atoms. The van der Waals surface area contributed by atoms with Crippen LogP contribution in [0.5, 0.6) is 11.5 Å². The highest BCUT2D eigenvalue weighted by molar-refractivity contribution is 5.47. The zero-order valence-corrected chi connectivity index (χ0v) is 11.4. The Bertz CT molecular complexity index is 412. The van der Waals surface area contributed by atoms with Gasteiger partial charge in [0.05, 0.1) is 0 Å². The van der Waals surface area contributed by atoms with E-state index >= 15 is 0 Å². The van der Waals surface area contributed by atoms with E-state index in [4.69, 9.17) is 9.47 Å². The summed E-state index contributed by atoms with van der Waals surface area (Å²) >= 11 is 0. The molecule has 2 rings (SSSR count). The van der Waals surface area contributed by atoms with E-state index in [9.17, 15) is 5.11 Å². The molecule has 1 heterocycles. The molecular formula is C15H22O3. The molecule has 1 unspecified atom stereocenters. The van der Waals surface area contributed by atoms with Gasteiger partial charge >= 0.3 is 0 Å². The minimum Gasteiger partial charge on any atom is -0.486 e. The number of aliphatic hydroxyl groups excluding tert-OH is 1. The predicted octanol–water partition coefficient (Wildman–Crippen LogP) is 2.57. The molecule has 0 amide bonds. The summed E-state index contributed by atoms with van der Waals surface area (Å²) in [4.78, 5) is 0. The van der Waals surface area contributed by atoms with Crippen LogP contribution < -0.4 is 9.47 Å². The van der Waals surface area contributed by atoms with Gasteiger partial charge in [-0.2, -0.15) is 0 Å². The Hall–Kier alpha value is -1.22. The molecule has 3 nitrogen and oxygen atoms in total. The largest absolute Gasteiger partial charge is 0.486 e. The van der Waals surface area contributed by atoms with E-state index in [-0.39, 0.29) is 6.61 Å². The topological polar surface area (TPSA) is 38.7 Å². The van der Waals surface area contributed by atoms with E-state index < -0.39 is 0 Å². The lowest BCUT2D eigenvalue weighted by Crippen LogP contribution is -2.18. The highest BCUT2D eigenvalue weighted by atomic mass is 16.6. The minimum atomic E-state index is 0.228. The van der Waals surface area contributed by atoms with Crippen molar-refractivity contribution < 1.29 is 14.6 Å². The molecule has 1 aliphatic rings. The first kappa shape index (κ1) is 13.2. The van der Waals surface area contributed by atoms with Gasteiger partial charge in [0.1, 0.15) is 13.2 Å². The van der Waals surface area contributed by atoms with E-state index in [0.29, 0.717) is 25.0 Å². The van der Waals surface area contributed by atoms with Crippen LogP contribution in [0.25, 0.3) is 0 Å². The maximum absolute atomic E-state index is 9.43. The molecule has 1 aliphatic heterocycles. The van der Waals surface area contributed by atoms with Crippen LogP contribution in [-0.2, 0) is 6.42 Å². The number of rotatable bonds is 4. The minimum absolute atomic E-state index is 0.228. The normalized spacial score (nSPS) is 15.8. The van der Waals surface area contributed by atoms with Gasteiger partial charge in [-0.05, 0) is 48.4 Å². The first-order chi connectivity index (χ1) is 8.61. The molecule has 1 aromatic carbocycles. The molecule has 1 atom stereocenters. The van der Waals surface area contributed by atoms with Gasteiger partial charge in [0, 0.05) is 6.61 Å². The fraction of sp³-hybridized carbons (Fsp3) is 0.600. The van der Waals surface area contributed by atoms with Gasteiger partial charge in [-0.25, -0.2) is 0 Å². The van der Waals surface area contributed by atoms with Gasteiger partial charge in [-0.1, -0.05) is 13.8 Å². The van der Waals surface area contributed by atoms with Gasteiger partial charge in [-0.3, -0.25) is 0 Å². The lowest BCUT2D eigenvalue weighted by Gasteiger charge is -2.23. The standard InChI is InChI=1S/C15H22O3/c1-10(2)13(9-16)7-12-8-15-14(6-11(12)3)17-4-5-18-15/h6,8,10,13,16H,4-5,7,9H2,1-3H3. The summed E-state index contributed by atoms with van der Waals surface area (Å²) < 4.78 is 11.2. The van der Waals surface area contributed by atoms with Crippen LogP contribution in [0.4, 0.5) is 0 Å². The van der Waals surface area contributed by atoms with Gasteiger partial charge in [0.15, 0.2) is 11.5 Å². The highest BCUT2D eigenvalue weighted by Gasteiger charge is 2.18. The molecule has 0 saturated heterocycles. The van der Waals surface area contributed by atoms with Crippen molar-refractivity contribution in [1.82, 2.24) is 0 Å². The number of fused-ring (bicyclic) bond motifs is 1. The quantitative estimate of drug-likeness (QED) is 0.892. The summed E-state index contributed by atoms with van der Waals surface area (Å²) in [6.45, 7) is 7.84. The van der Waals surface area contributed by atoms with E-state index in [1.54, 1.807) is 0 Å². The van der Waals surface area contributed by atoms with Gasteiger partial charge in [0.2, 0.25) is 0 Å². The van der Waals surface area contributed by atoms with E-state index in [0.717, 1.165) is 17.9 Å². The van der Waals surface area contributed by atoms with Crippen molar-refractivity contribution in [2.75, 3.05) is 19.8 Å². The van der Waals surface area contributed by atoms with Crippen LogP contribution in [-0.4, -0.2) is 24.9 Å². The van der Waals surface area contributed by atoms with Crippen molar-refractivity contribution >= 4 is 0 Å². The second kappa shape index (κ2) is 5.61. The molecule has 3 heteroatoms. The Labute approximate surface area is 109 Å². The van der Waals surface area contributed by atoms with Crippen LogP contribution in [0, 0.1) is 18.8 Å². The number of hydrogen-bond acceptors (Lipinski definition) is 3. The maximum atomic E-state index is 9.43. The summed E-state index contributed by atoms with van der Waals surface area (Å²) in [6.07, 6.45) is 0.886. The van der Waals surface area contributed by atoms with Crippen molar-refractivity contribution in [3.8, 4) is 11.5 Å². The monoisotopic (exact) mass is 250 g/mol. The number of benzene rings is 1. The van der Waals surface area contributed by atoms with E-state index in [2.05, 4.69) is 26.8 Å². The Morgan fingerprint density at radius 1 is 1.17 bits per heavy atom. The van der Waals surface area contributed by atoms with Crippen molar-refractivity contribution in [2.45, 2.75) is 27.2 Å². The SMILES string of the molecule is Cc1cc2c(cc1CC(CO)C(C)C)OCCO2. The number of ether oxygens (including phenoxy) is 2. The maximum Gasteiger partial charge on any atom is 0.161 e. The first-order valence-electron chi connectivity index (χ1n) is 6.61. The van der Waals surface area contributed by atoms with Crippen LogP contribution in [0.2, 0.25) is 0 Å². The number of hydrogen-bond donors (Lipinski definition) is 1. The third-order valence-corrected chi connectivity index (χ3v) is 3.66. The Balaban J connectivity index is 2.22. The summed E-state index contributed by atoms with van der Waals surface area (Å²) in [6, 6.07) is 4.10. The molecule has 0 fully saturated rings. The molecule has 0 bridgehead atoms. The second-order valence-corrected chi connectivity index (χ2v) is 5.31. The third-order valence-electron chi connectivity index (χ3n) is 3.66. The van der Waals surface area contributed by atoms with E-state index in [1.807, 2.05) is 6.07 Å². The summed E-state index contributed by atoms with van der Waals surface area (Å²) in [7, 11) is 0. The smallest absolute Gasteiger partial charge is 0.161 e. The summed E-state index contributed by atoms with van der Waals surface area (Å²) in [5, 5.41) is 9.43. The lowest BCUT2D eigenvalue weighted by atomic mass is 9.88. The molecule has 18 heavy (non-hydrogen) atoms. The van der Waals surface area contributed by atoms with Gasteiger partial charge in [0.25, 0.3) is 0 Å². The molecular weight excluding hydrogens is 228 g/mol. The Morgan fingerprint density at radius 3 is 2.33 bits per heavy atom. The Morgan fingerprint density at radius 2 is 1.78 bits per heavy atom. The molecule has 1 N–H and O–H groups in total. The van der Waals surface area contributed by atoms with Crippen LogP contribution in [0.15, 0.2) is 12.1 Å². The zero-order chi connectivity index (χ0) is 13.1. The fourth-order valence-electron chi connectivity index (χ4n) is 2.25. The zero-order valence-electron chi connectivity index (χ0n) is 11.4. The third kappa shape index (κ3) is 2.78. The predicted molar refractivity (Wildman–Crippen MR) is 71.3 cm³/mol. The average Bonchev–Trinajstić information content (AvgIpc) is 2.35. The second-order valence-electron chi connectivity index (χ2n) is 5.31. The lowest BCUT2D eigenvalue weighted by molar-refractivity contribution is 0.170. The highest BCUT2D eigenvalue weighted by Crippen LogP contribution is 2.34. The summed E-state index contributed by atoms with van der Waals surface area (Å²) in [5.74, 6) is 2.45. The van der Waals surface area contributed by atoms with Gasteiger partial charge in [-0.15, -0.1) is 0 Å². The van der Waals surface area contributed by atoms with E-state index in [1.165, 1.54) is 11.1 Å². The van der Waals surface area contributed by atoms with Crippen molar-refractivity contribution in [1.29, 1.82) is 0 Å². The molecule has 1 aromatic rings. The fourth-order valence-corrected chi connectivity index (χ4v) is 2.25. The molecule has 0 radical (unpaired) electrons. The summed E-state index contributed by atoms with van der Waals surface area (Å²) in [5.41, 5.74) is 2.45. The number of aryl methyl sites for hydroxylation is 1. The molecule has 0 saturated carbocycles. The number of aliphatic hydroxyl groups is 1. The van der Waals surface area contributed by atoms with Gasteiger partial charge < -0.3 is 14.6 Å². The first-order valence-corrected chi connectivity index (χ1v) is 6.61. The average molecular weight is 250 g/mol. The molecule has 0 aromatic heterocycles. The van der Waals surface area contributed by atoms with Crippen molar-refractivity contribution in [3.63, 3.8) is 0 Å². The molecule has 0 aliphatic carbocycles. The van der Waals surface area contributed by atoms with Crippen LogP contribution >= 0.6 is 0 Å².